The first kappa shape index (κ1) is 17.6. The minimum Gasteiger partial charge on any atom is -0.340 e. The third-order valence-corrected chi connectivity index (χ3v) is 5.04. The number of nitrogens with zero attached hydrogens (tertiary/aromatic N) is 3. The second-order valence-electron chi connectivity index (χ2n) is 6.96. The number of piperazine rings is 1. The van der Waals surface area contributed by atoms with Crippen molar-refractivity contribution in [3.63, 3.8) is 0 Å². The molecular weight excluding hydrogens is 341 g/mol. The number of rotatable bonds is 4. The summed E-state index contributed by atoms with van der Waals surface area (Å²) >= 11 is 0. The number of hydrogen-bond acceptors (Lipinski definition) is 3. The van der Waals surface area contributed by atoms with Gasteiger partial charge in [0.1, 0.15) is 5.82 Å². The molecule has 4 nitrogen and oxygen atoms in total. The molecule has 1 saturated heterocycles. The predicted molar refractivity (Wildman–Crippen MR) is 104 cm³/mol. The van der Waals surface area contributed by atoms with Crippen LogP contribution in [0.5, 0.6) is 0 Å². The molecule has 1 amide bonds. The Morgan fingerprint density at radius 2 is 1.67 bits per heavy atom. The summed E-state index contributed by atoms with van der Waals surface area (Å²) in [7, 11) is 0. The number of pyridine rings is 1. The van der Waals surface area contributed by atoms with Crippen molar-refractivity contribution < 1.29 is 9.18 Å². The van der Waals surface area contributed by atoms with Gasteiger partial charge in [-0.3, -0.25) is 14.7 Å². The molecule has 4 rings (SSSR count). The molecule has 0 aliphatic carbocycles. The van der Waals surface area contributed by atoms with Crippen molar-refractivity contribution in [3.05, 3.63) is 77.7 Å². The van der Waals surface area contributed by atoms with E-state index in [9.17, 15) is 9.18 Å². The van der Waals surface area contributed by atoms with E-state index in [2.05, 4.69) is 23.1 Å². The Balaban J connectivity index is 1.31. The fraction of sp³-hybridized carbons (Fsp3) is 0.273. The van der Waals surface area contributed by atoms with Crippen molar-refractivity contribution in [1.29, 1.82) is 0 Å². The quantitative estimate of drug-likeness (QED) is 0.714. The van der Waals surface area contributed by atoms with Gasteiger partial charge in [0, 0.05) is 38.1 Å². The van der Waals surface area contributed by atoms with Gasteiger partial charge in [-0.1, -0.05) is 36.4 Å². The SMILES string of the molecule is O=C(Cc1ccc(F)cc1)N1CCN(Cc2ccc3ccccc3n2)CC1. The Bertz CT molecular complexity index is 934. The van der Waals surface area contributed by atoms with Gasteiger partial charge in [0.15, 0.2) is 0 Å². The molecule has 1 aliphatic heterocycles. The lowest BCUT2D eigenvalue weighted by Gasteiger charge is -2.34. The van der Waals surface area contributed by atoms with Gasteiger partial charge in [-0.15, -0.1) is 0 Å². The third-order valence-electron chi connectivity index (χ3n) is 5.04. The maximum absolute atomic E-state index is 13.0. The topological polar surface area (TPSA) is 36.4 Å². The molecule has 0 bridgehead atoms. The molecule has 27 heavy (non-hydrogen) atoms. The first-order chi connectivity index (χ1) is 13.2. The molecule has 5 heteroatoms. The summed E-state index contributed by atoms with van der Waals surface area (Å²) in [5, 5.41) is 1.15. The Kier molecular flexibility index (Phi) is 5.12. The van der Waals surface area contributed by atoms with Crippen LogP contribution in [0.3, 0.4) is 0 Å². The fourth-order valence-electron chi connectivity index (χ4n) is 3.47. The van der Waals surface area contributed by atoms with Gasteiger partial charge in [0.25, 0.3) is 0 Å². The van der Waals surface area contributed by atoms with Crippen LogP contribution in [-0.2, 0) is 17.8 Å². The first-order valence-electron chi connectivity index (χ1n) is 9.27. The normalized spacial score (nSPS) is 15.2. The van der Waals surface area contributed by atoms with Crippen molar-refractivity contribution >= 4 is 16.8 Å². The van der Waals surface area contributed by atoms with Crippen molar-refractivity contribution in [3.8, 4) is 0 Å². The number of fused-ring (bicyclic) bond motifs is 1. The van der Waals surface area contributed by atoms with Crippen molar-refractivity contribution in [1.82, 2.24) is 14.8 Å². The zero-order chi connectivity index (χ0) is 18.6. The maximum atomic E-state index is 13.0. The Hall–Kier alpha value is -2.79. The van der Waals surface area contributed by atoms with Gasteiger partial charge in [-0.2, -0.15) is 0 Å². The van der Waals surface area contributed by atoms with Crippen LogP contribution in [0.1, 0.15) is 11.3 Å². The Morgan fingerprint density at radius 1 is 0.926 bits per heavy atom. The summed E-state index contributed by atoms with van der Waals surface area (Å²) in [4.78, 5) is 21.4. The lowest BCUT2D eigenvalue weighted by Crippen LogP contribution is -2.48. The van der Waals surface area contributed by atoms with Gasteiger partial charge < -0.3 is 4.90 Å². The smallest absolute Gasteiger partial charge is 0.227 e. The molecule has 0 radical (unpaired) electrons. The molecular formula is C22H22FN3O. The summed E-state index contributed by atoms with van der Waals surface area (Å²) in [5.41, 5.74) is 2.92. The Morgan fingerprint density at radius 3 is 2.44 bits per heavy atom. The standard InChI is InChI=1S/C22H22FN3O/c23-19-8-5-17(6-9-19)15-22(27)26-13-11-25(12-14-26)16-20-10-7-18-3-1-2-4-21(18)24-20/h1-10H,11-16H2. The van der Waals surface area contributed by atoms with Crippen LogP contribution >= 0.6 is 0 Å². The fourth-order valence-corrected chi connectivity index (χ4v) is 3.47. The van der Waals surface area contributed by atoms with Gasteiger partial charge in [-0.05, 0) is 29.8 Å². The van der Waals surface area contributed by atoms with Crippen LogP contribution in [-0.4, -0.2) is 46.9 Å². The number of halogens is 1. The molecule has 0 spiro atoms. The summed E-state index contributed by atoms with van der Waals surface area (Å²) in [6.45, 7) is 3.90. The van der Waals surface area contributed by atoms with Gasteiger partial charge in [-0.25, -0.2) is 4.39 Å². The van der Waals surface area contributed by atoms with E-state index < -0.39 is 0 Å². The highest BCUT2D eigenvalue weighted by molar-refractivity contribution is 5.79. The largest absolute Gasteiger partial charge is 0.340 e. The van der Waals surface area contributed by atoms with Crippen molar-refractivity contribution in [2.75, 3.05) is 26.2 Å². The van der Waals surface area contributed by atoms with Crippen molar-refractivity contribution in [2.45, 2.75) is 13.0 Å². The van der Waals surface area contributed by atoms with Crippen LogP contribution in [0.4, 0.5) is 4.39 Å². The molecule has 0 atom stereocenters. The van der Waals surface area contributed by atoms with E-state index in [-0.39, 0.29) is 11.7 Å². The molecule has 1 aliphatic rings. The van der Waals surface area contributed by atoms with Gasteiger partial charge >= 0.3 is 0 Å². The number of aromatic nitrogens is 1. The van der Waals surface area contributed by atoms with Gasteiger partial charge in [0.2, 0.25) is 5.91 Å². The minimum atomic E-state index is -0.276. The molecule has 1 aromatic heterocycles. The molecule has 2 aromatic carbocycles. The number of para-hydroxylation sites is 1. The molecule has 138 valence electrons. The average molecular weight is 363 g/mol. The number of hydrogen-bond donors (Lipinski definition) is 0. The number of carbonyl (C=O) groups is 1. The number of amides is 1. The third kappa shape index (κ3) is 4.31. The van der Waals surface area contributed by atoms with Crippen molar-refractivity contribution in [2.24, 2.45) is 0 Å². The zero-order valence-corrected chi connectivity index (χ0v) is 15.1. The molecule has 0 unspecified atom stereocenters. The molecule has 2 heterocycles. The van der Waals surface area contributed by atoms with Gasteiger partial charge in [0.05, 0.1) is 17.6 Å². The minimum absolute atomic E-state index is 0.102. The summed E-state index contributed by atoms with van der Waals surface area (Å²) in [6, 6.07) is 18.5. The van der Waals surface area contributed by atoms with E-state index in [0.29, 0.717) is 19.5 Å². The van der Waals surface area contributed by atoms with Crippen LogP contribution in [0.15, 0.2) is 60.7 Å². The highest BCUT2D eigenvalue weighted by Crippen LogP contribution is 2.14. The Labute approximate surface area is 158 Å². The average Bonchev–Trinajstić information content (AvgIpc) is 2.70. The molecule has 0 saturated carbocycles. The zero-order valence-electron chi connectivity index (χ0n) is 15.1. The monoisotopic (exact) mass is 363 g/mol. The summed E-state index contributed by atoms with van der Waals surface area (Å²) in [6.07, 6.45) is 0.326. The van der Waals surface area contributed by atoms with E-state index in [0.717, 1.165) is 41.8 Å². The van der Waals surface area contributed by atoms with Crippen LogP contribution in [0.25, 0.3) is 10.9 Å². The van der Waals surface area contributed by atoms with Crippen LogP contribution in [0.2, 0.25) is 0 Å². The van der Waals surface area contributed by atoms with Crippen LogP contribution < -0.4 is 0 Å². The number of benzene rings is 2. The first-order valence-corrected chi connectivity index (χ1v) is 9.27. The molecule has 0 N–H and O–H groups in total. The van der Waals surface area contributed by atoms with E-state index >= 15 is 0 Å². The van der Waals surface area contributed by atoms with E-state index in [4.69, 9.17) is 4.98 Å². The van der Waals surface area contributed by atoms with Crippen LogP contribution in [0, 0.1) is 5.82 Å². The van der Waals surface area contributed by atoms with E-state index in [1.807, 2.05) is 23.1 Å². The highest BCUT2D eigenvalue weighted by atomic mass is 19.1. The molecule has 1 fully saturated rings. The van der Waals surface area contributed by atoms with E-state index in [1.165, 1.54) is 12.1 Å². The number of carbonyl (C=O) groups excluding carboxylic acids is 1. The highest BCUT2D eigenvalue weighted by Gasteiger charge is 2.21. The predicted octanol–water partition coefficient (Wildman–Crippen LogP) is 3.26. The second kappa shape index (κ2) is 7.84. The lowest BCUT2D eigenvalue weighted by molar-refractivity contribution is -0.132. The summed E-state index contributed by atoms with van der Waals surface area (Å²) in [5.74, 6) is -0.174. The molecule has 3 aromatic rings. The maximum Gasteiger partial charge on any atom is 0.227 e. The second-order valence-corrected chi connectivity index (χ2v) is 6.96. The lowest BCUT2D eigenvalue weighted by atomic mass is 10.1. The summed E-state index contributed by atoms with van der Waals surface area (Å²) < 4.78 is 13.0. The van der Waals surface area contributed by atoms with E-state index in [1.54, 1.807) is 12.1 Å².